The van der Waals surface area contributed by atoms with Crippen molar-refractivity contribution < 1.29 is 9.59 Å². The van der Waals surface area contributed by atoms with E-state index in [2.05, 4.69) is 5.32 Å². The maximum atomic E-state index is 11.3. The van der Waals surface area contributed by atoms with Gasteiger partial charge in [0.15, 0.2) is 0 Å². The average molecular weight is 190 g/mol. The van der Waals surface area contributed by atoms with Crippen molar-refractivity contribution >= 4 is 17.6 Å². The Kier molecular flexibility index (Phi) is 1.96. The number of benzene rings is 1. The highest BCUT2D eigenvalue weighted by molar-refractivity contribution is 6.12. The molecule has 1 saturated heterocycles. The van der Waals surface area contributed by atoms with Crippen LogP contribution in [0.5, 0.6) is 0 Å². The average Bonchev–Trinajstić information content (AvgIpc) is 2.46. The number of aryl methyl sites for hydroxylation is 1. The van der Waals surface area contributed by atoms with Gasteiger partial charge in [0.1, 0.15) is 6.54 Å². The summed E-state index contributed by atoms with van der Waals surface area (Å²) in [5, 5.41) is 2.24. The Balaban J connectivity index is 2.36. The van der Waals surface area contributed by atoms with Crippen molar-refractivity contribution in [1.82, 2.24) is 5.32 Å². The van der Waals surface area contributed by atoms with Gasteiger partial charge in [-0.2, -0.15) is 0 Å². The van der Waals surface area contributed by atoms with Crippen molar-refractivity contribution in [3.8, 4) is 0 Å². The van der Waals surface area contributed by atoms with E-state index in [4.69, 9.17) is 0 Å². The minimum Gasteiger partial charge on any atom is -0.284 e. The quantitative estimate of drug-likeness (QED) is 0.673. The second-order valence-electron chi connectivity index (χ2n) is 3.23. The monoisotopic (exact) mass is 190 g/mol. The second kappa shape index (κ2) is 3.14. The minimum atomic E-state index is -0.343. The third-order valence-electron chi connectivity index (χ3n) is 2.20. The molecule has 4 nitrogen and oxygen atoms in total. The third kappa shape index (κ3) is 1.35. The number of hydrogen-bond donors (Lipinski definition) is 1. The summed E-state index contributed by atoms with van der Waals surface area (Å²) in [5.41, 5.74) is 1.77. The van der Waals surface area contributed by atoms with Crippen LogP contribution in [-0.4, -0.2) is 18.5 Å². The fourth-order valence-corrected chi connectivity index (χ4v) is 1.50. The van der Waals surface area contributed by atoms with Crippen LogP contribution in [0, 0.1) is 6.92 Å². The van der Waals surface area contributed by atoms with Gasteiger partial charge >= 0.3 is 6.03 Å². The lowest BCUT2D eigenvalue weighted by Gasteiger charge is -2.15. The largest absolute Gasteiger partial charge is 0.329 e. The summed E-state index contributed by atoms with van der Waals surface area (Å²) < 4.78 is 0. The molecule has 14 heavy (non-hydrogen) atoms. The van der Waals surface area contributed by atoms with Crippen LogP contribution >= 0.6 is 0 Å². The molecule has 0 aliphatic carbocycles. The molecule has 1 aromatic carbocycles. The van der Waals surface area contributed by atoms with E-state index in [9.17, 15) is 9.59 Å². The molecule has 0 bridgehead atoms. The number of amides is 3. The first kappa shape index (κ1) is 8.74. The molecule has 72 valence electrons. The topological polar surface area (TPSA) is 49.4 Å². The van der Waals surface area contributed by atoms with Crippen LogP contribution in [0.15, 0.2) is 24.3 Å². The number of rotatable bonds is 1. The second-order valence-corrected chi connectivity index (χ2v) is 3.23. The highest BCUT2D eigenvalue weighted by Gasteiger charge is 2.28. The predicted octanol–water partition coefficient (Wildman–Crippen LogP) is 1.05. The van der Waals surface area contributed by atoms with Gasteiger partial charge in [-0.25, -0.2) is 4.79 Å². The molecule has 0 radical (unpaired) electrons. The van der Waals surface area contributed by atoms with Crippen LogP contribution in [0.4, 0.5) is 10.5 Å². The van der Waals surface area contributed by atoms with Crippen LogP contribution in [0.25, 0.3) is 0 Å². The summed E-state index contributed by atoms with van der Waals surface area (Å²) in [7, 11) is 0. The van der Waals surface area contributed by atoms with E-state index in [1.54, 1.807) is 0 Å². The van der Waals surface area contributed by atoms with Crippen molar-refractivity contribution in [2.45, 2.75) is 6.92 Å². The van der Waals surface area contributed by atoms with Gasteiger partial charge in [0.05, 0.1) is 0 Å². The number of hydrogen-bond acceptors (Lipinski definition) is 2. The molecule has 0 atom stereocenters. The van der Waals surface area contributed by atoms with E-state index in [1.807, 2.05) is 31.2 Å². The molecule has 1 fully saturated rings. The number of urea groups is 1. The molecule has 3 amide bonds. The van der Waals surface area contributed by atoms with E-state index in [0.717, 1.165) is 11.3 Å². The maximum Gasteiger partial charge on any atom is 0.329 e. The molecule has 0 aromatic heterocycles. The molecule has 1 aliphatic heterocycles. The first-order chi connectivity index (χ1) is 6.68. The lowest BCUT2D eigenvalue weighted by molar-refractivity contribution is -0.117. The molecule has 4 heteroatoms. The molecule has 2 rings (SSSR count). The van der Waals surface area contributed by atoms with Crippen molar-refractivity contribution in [3.05, 3.63) is 29.8 Å². The predicted molar refractivity (Wildman–Crippen MR) is 52.1 cm³/mol. The van der Waals surface area contributed by atoms with E-state index >= 15 is 0 Å². The van der Waals surface area contributed by atoms with Crippen LogP contribution in [0.3, 0.4) is 0 Å². The molecular weight excluding hydrogens is 180 g/mol. The lowest BCUT2D eigenvalue weighted by atomic mass is 10.2. The Morgan fingerprint density at radius 1 is 1.29 bits per heavy atom. The Hall–Kier alpha value is -1.84. The standard InChI is InChI=1S/C10H10N2O2/c1-7-4-2-3-5-8(7)12-6-9(13)11-10(12)14/h2-5H,6H2,1H3,(H,11,13,14). The van der Waals surface area contributed by atoms with Gasteiger partial charge in [-0.3, -0.25) is 15.0 Å². The van der Waals surface area contributed by atoms with E-state index in [1.165, 1.54) is 4.90 Å². The fourth-order valence-electron chi connectivity index (χ4n) is 1.50. The molecule has 0 unspecified atom stereocenters. The molecule has 0 spiro atoms. The Bertz CT molecular complexity index is 401. The molecule has 1 heterocycles. The minimum absolute atomic E-state index is 0.115. The van der Waals surface area contributed by atoms with Gasteiger partial charge in [0, 0.05) is 5.69 Å². The summed E-state index contributed by atoms with van der Waals surface area (Å²) in [6.45, 7) is 2.02. The molecule has 1 N–H and O–H groups in total. The number of carbonyl (C=O) groups excluding carboxylic acids is 2. The SMILES string of the molecule is Cc1ccccc1N1CC(=O)NC1=O. The Morgan fingerprint density at radius 2 is 2.00 bits per heavy atom. The van der Waals surface area contributed by atoms with Gasteiger partial charge in [0.2, 0.25) is 5.91 Å². The number of nitrogens with zero attached hydrogens (tertiary/aromatic N) is 1. The molecule has 0 saturated carbocycles. The van der Waals surface area contributed by atoms with Crippen LogP contribution < -0.4 is 10.2 Å². The highest BCUT2D eigenvalue weighted by Crippen LogP contribution is 2.20. The molecule has 1 aliphatic rings. The van der Waals surface area contributed by atoms with E-state index in [-0.39, 0.29) is 18.5 Å². The zero-order valence-corrected chi connectivity index (χ0v) is 7.78. The summed E-state index contributed by atoms with van der Waals surface area (Å²) in [4.78, 5) is 23.7. The smallest absolute Gasteiger partial charge is 0.284 e. The van der Waals surface area contributed by atoms with Crippen molar-refractivity contribution in [1.29, 1.82) is 0 Å². The van der Waals surface area contributed by atoms with E-state index < -0.39 is 0 Å². The van der Waals surface area contributed by atoms with Gasteiger partial charge in [-0.1, -0.05) is 18.2 Å². The Morgan fingerprint density at radius 3 is 2.57 bits per heavy atom. The van der Waals surface area contributed by atoms with Crippen LogP contribution in [0.2, 0.25) is 0 Å². The maximum absolute atomic E-state index is 11.3. The normalized spacial score (nSPS) is 15.9. The van der Waals surface area contributed by atoms with Gasteiger partial charge in [0.25, 0.3) is 0 Å². The first-order valence-corrected chi connectivity index (χ1v) is 4.35. The number of nitrogens with one attached hydrogen (secondary N) is 1. The summed E-state index contributed by atoms with van der Waals surface area (Å²) in [6.07, 6.45) is 0. The summed E-state index contributed by atoms with van der Waals surface area (Å²) >= 11 is 0. The number of para-hydroxylation sites is 1. The highest BCUT2D eigenvalue weighted by atomic mass is 16.2. The third-order valence-corrected chi connectivity index (χ3v) is 2.20. The lowest BCUT2D eigenvalue weighted by Crippen LogP contribution is -2.28. The number of imide groups is 1. The summed E-state index contributed by atoms with van der Waals surface area (Å²) in [5.74, 6) is -0.252. The van der Waals surface area contributed by atoms with Crippen molar-refractivity contribution in [3.63, 3.8) is 0 Å². The van der Waals surface area contributed by atoms with Crippen LogP contribution in [-0.2, 0) is 4.79 Å². The van der Waals surface area contributed by atoms with Crippen LogP contribution in [0.1, 0.15) is 5.56 Å². The molecular formula is C10H10N2O2. The van der Waals surface area contributed by atoms with Crippen molar-refractivity contribution in [2.24, 2.45) is 0 Å². The van der Waals surface area contributed by atoms with Gasteiger partial charge in [-0.15, -0.1) is 0 Å². The van der Waals surface area contributed by atoms with Crippen molar-refractivity contribution in [2.75, 3.05) is 11.4 Å². The zero-order chi connectivity index (χ0) is 10.1. The van der Waals surface area contributed by atoms with Gasteiger partial charge in [-0.05, 0) is 18.6 Å². The number of anilines is 1. The Labute approximate surface area is 81.5 Å². The fraction of sp³-hybridized carbons (Fsp3) is 0.200. The number of carbonyl (C=O) groups is 2. The summed E-state index contributed by atoms with van der Waals surface area (Å²) in [6, 6.07) is 7.13. The first-order valence-electron chi connectivity index (χ1n) is 4.35. The van der Waals surface area contributed by atoms with E-state index in [0.29, 0.717) is 0 Å². The van der Waals surface area contributed by atoms with Gasteiger partial charge < -0.3 is 0 Å². The zero-order valence-electron chi connectivity index (χ0n) is 7.78. The molecule has 1 aromatic rings.